The van der Waals surface area contributed by atoms with Gasteiger partial charge in [0.1, 0.15) is 12.0 Å². The Morgan fingerprint density at radius 1 is 1.29 bits per heavy atom. The van der Waals surface area contributed by atoms with Gasteiger partial charge in [-0.05, 0) is 48.7 Å². The molecule has 2 saturated carbocycles. The Bertz CT molecular complexity index is 576. The van der Waals surface area contributed by atoms with Crippen molar-refractivity contribution in [3.8, 4) is 0 Å². The van der Waals surface area contributed by atoms with Gasteiger partial charge >= 0.3 is 0 Å². The van der Waals surface area contributed by atoms with Crippen molar-refractivity contribution in [3.05, 3.63) is 23.8 Å². The largest absolute Gasteiger partial charge is 0.299 e. The third-order valence-electron chi connectivity index (χ3n) is 6.56. The number of carbonyl (C=O) groups is 2. The fourth-order valence-electron chi connectivity index (χ4n) is 5.46. The molecule has 112 valence electrons. The van der Waals surface area contributed by atoms with Gasteiger partial charge in [0.05, 0.1) is 0 Å². The highest BCUT2D eigenvalue weighted by molar-refractivity contribution is 5.92. The van der Waals surface area contributed by atoms with E-state index in [4.69, 9.17) is 0 Å². The average molecular weight is 288 g/mol. The minimum Gasteiger partial charge on any atom is -0.299 e. The predicted octanol–water partition coefficient (Wildman–Crippen LogP) is 3.42. The van der Waals surface area contributed by atoms with Gasteiger partial charge in [-0.25, -0.2) is 4.39 Å². The summed E-state index contributed by atoms with van der Waals surface area (Å²) in [6, 6.07) is 0. The zero-order valence-electron chi connectivity index (χ0n) is 12.3. The molecule has 2 fully saturated rings. The van der Waals surface area contributed by atoms with Crippen LogP contribution < -0.4 is 0 Å². The van der Waals surface area contributed by atoms with Crippen LogP contribution in [-0.2, 0) is 9.59 Å². The molecule has 0 aromatic heterocycles. The second kappa shape index (κ2) is 4.37. The van der Waals surface area contributed by atoms with Crippen LogP contribution in [0.5, 0.6) is 0 Å². The molecule has 1 unspecified atom stereocenters. The van der Waals surface area contributed by atoms with Gasteiger partial charge in [0.15, 0.2) is 5.78 Å². The molecule has 0 aromatic rings. The van der Waals surface area contributed by atoms with E-state index in [1.165, 1.54) is 0 Å². The van der Waals surface area contributed by atoms with Crippen LogP contribution in [0.1, 0.15) is 39.0 Å². The van der Waals surface area contributed by atoms with Crippen LogP contribution in [0.25, 0.3) is 0 Å². The quantitative estimate of drug-likeness (QED) is 0.684. The molecule has 4 rings (SSSR count). The van der Waals surface area contributed by atoms with E-state index in [2.05, 4.69) is 13.0 Å². The number of fused-ring (bicyclic) bond motifs is 5. The summed E-state index contributed by atoms with van der Waals surface area (Å²) in [4.78, 5) is 23.8. The Labute approximate surface area is 124 Å². The van der Waals surface area contributed by atoms with Crippen LogP contribution >= 0.6 is 0 Å². The van der Waals surface area contributed by atoms with E-state index in [1.807, 2.05) is 6.08 Å². The molecule has 2 nitrogen and oxygen atoms in total. The van der Waals surface area contributed by atoms with Crippen molar-refractivity contribution in [2.24, 2.45) is 29.1 Å². The van der Waals surface area contributed by atoms with E-state index >= 15 is 0 Å². The van der Waals surface area contributed by atoms with Gasteiger partial charge in [-0.1, -0.05) is 19.1 Å². The average Bonchev–Trinajstić information content (AvgIpc) is 2.74. The number of allylic oxidation sites excluding steroid dienone is 4. The van der Waals surface area contributed by atoms with E-state index in [9.17, 15) is 14.0 Å². The minimum absolute atomic E-state index is 0.0338. The number of hydrogen-bond donors (Lipinski definition) is 0. The number of carbonyl (C=O) groups excluding carboxylic acids is 2. The van der Waals surface area contributed by atoms with Crippen LogP contribution in [0.2, 0.25) is 0 Å². The van der Waals surface area contributed by atoms with E-state index in [0.717, 1.165) is 24.8 Å². The monoisotopic (exact) mass is 288 g/mol. The number of halogens is 1. The smallest absolute Gasteiger partial charge is 0.158 e. The summed E-state index contributed by atoms with van der Waals surface area (Å²) in [6.07, 6.45) is 8.18. The molecule has 0 bridgehead atoms. The van der Waals surface area contributed by atoms with Crippen molar-refractivity contribution < 1.29 is 14.0 Å². The fourth-order valence-corrected chi connectivity index (χ4v) is 5.46. The molecular formula is C18H21FO2. The first kappa shape index (κ1) is 13.4. The number of Topliss-reactive ketones (excluding diaryl/α,β-unsaturated/α-hetero) is 1. The lowest BCUT2D eigenvalue weighted by Gasteiger charge is -2.50. The van der Waals surface area contributed by atoms with E-state index in [0.29, 0.717) is 24.0 Å². The topological polar surface area (TPSA) is 34.1 Å². The van der Waals surface area contributed by atoms with Gasteiger partial charge in [-0.15, -0.1) is 0 Å². The van der Waals surface area contributed by atoms with Gasteiger partial charge in [0, 0.05) is 24.2 Å². The summed E-state index contributed by atoms with van der Waals surface area (Å²) in [5.74, 6) is 1.13. The molecular weight excluding hydrogens is 267 g/mol. The van der Waals surface area contributed by atoms with E-state index in [-0.39, 0.29) is 29.5 Å². The normalized spacial score (nSPS) is 48.5. The number of ketones is 2. The van der Waals surface area contributed by atoms with Crippen molar-refractivity contribution in [2.75, 3.05) is 0 Å². The first-order chi connectivity index (χ1) is 10.0. The van der Waals surface area contributed by atoms with Crippen molar-refractivity contribution in [3.63, 3.8) is 0 Å². The second-order valence-electron chi connectivity index (χ2n) is 7.48. The zero-order chi connectivity index (χ0) is 14.8. The first-order valence-electron chi connectivity index (χ1n) is 8.11. The van der Waals surface area contributed by atoms with Gasteiger partial charge in [-0.3, -0.25) is 9.59 Å². The van der Waals surface area contributed by atoms with Crippen molar-refractivity contribution in [1.82, 2.24) is 0 Å². The number of alkyl halides is 1. The molecule has 4 aliphatic rings. The number of rotatable bonds is 0. The molecule has 0 N–H and O–H groups in total. The Kier molecular flexibility index (Phi) is 2.79. The van der Waals surface area contributed by atoms with Crippen LogP contribution in [0.15, 0.2) is 23.8 Å². The Morgan fingerprint density at radius 3 is 2.90 bits per heavy atom. The highest BCUT2D eigenvalue weighted by Crippen LogP contribution is 2.59. The van der Waals surface area contributed by atoms with Crippen LogP contribution in [0.4, 0.5) is 4.39 Å². The lowest BCUT2D eigenvalue weighted by Crippen LogP contribution is -2.47. The molecule has 6 atom stereocenters. The van der Waals surface area contributed by atoms with E-state index < -0.39 is 6.17 Å². The lowest BCUT2D eigenvalue weighted by atomic mass is 9.54. The Morgan fingerprint density at radius 2 is 2.10 bits per heavy atom. The third-order valence-corrected chi connectivity index (χ3v) is 6.56. The summed E-state index contributed by atoms with van der Waals surface area (Å²) >= 11 is 0. The second-order valence-corrected chi connectivity index (χ2v) is 7.48. The standard InChI is InChI=1S/C18H21FO2/c1-18-7-6-13-12(14(18)4-5-16(18)21)3-2-10-8-11(20)9-15(19)17(10)13/h2-3,8,12-15,17H,4-7,9H2,1H3/t12-,13+,14+,15?,17+,18+/m1/s1. The summed E-state index contributed by atoms with van der Waals surface area (Å²) < 4.78 is 14.5. The van der Waals surface area contributed by atoms with Crippen LogP contribution in [0.3, 0.4) is 0 Å². The molecule has 0 heterocycles. The van der Waals surface area contributed by atoms with Crippen molar-refractivity contribution in [2.45, 2.75) is 45.2 Å². The fraction of sp³-hybridized carbons (Fsp3) is 0.667. The molecule has 4 aliphatic carbocycles. The molecule has 21 heavy (non-hydrogen) atoms. The van der Waals surface area contributed by atoms with Gasteiger partial charge in [0.25, 0.3) is 0 Å². The summed E-state index contributed by atoms with van der Waals surface area (Å²) in [5.41, 5.74) is 0.691. The van der Waals surface area contributed by atoms with E-state index in [1.54, 1.807) is 6.08 Å². The first-order valence-corrected chi connectivity index (χ1v) is 8.11. The lowest BCUT2D eigenvalue weighted by molar-refractivity contribution is -0.130. The molecule has 0 saturated heterocycles. The van der Waals surface area contributed by atoms with Gasteiger partial charge in [0.2, 0.25) is 0 Å². The molecule has 0 aromatic carbocycles. The summed E-state index contributed by atoms with van der Waals surface area (Å²) in [5, 5.41) is 0. The molecule has 0 radical (unpaired) electrons. The summed E-state index contributed by atoms with van der Waals surface area (Å²) in [7, 11) is 0. The predicted molar refractivity (Wildman–Crippen MR) is 77.3 cm³/mol. The maximum absolute atomic E-state index is 14.5. The van der Waals surface area contributed by atoms with Gasteiger partial charge in [-0.2, -0.15) is 0 Å². The number of hydrogen-bond acceptors (Lipinski definition) is 2. The molecule has 0 aliphatic heterocycles. The van der Waals surface area contributed by atoms with Crippen molar-refractivity contribution in [1.29, 1.82) is 0 Å². The highest BCUT2D eigenvalue weighted by Gasteiger charge is 2.56. The molecule has 0 amide bonds. The molecule has 0 spiro atoms. The maximum atomic E-state index is 14.5. The minimum atomic E-state index is -1.04. The SMILES string of the molecule is C[C@]12CC[C@H]3[C@@H](C=CC4=CC(=O)CC(F)[C@@H]43)[C@@H]1CCC2=O. The zero-order valence-corrected chi connectivity index (χ0v) is 12.3. The molecule has 3 heteroatoms. The Hall–Kier alpha value is -1.25. The van der Waals surface area contributed by atoms with Crippen molar-refractivity contribution >= 4 is 11.6 Å². The highest BCUT2D eigenvalue weighted by atomic mass is 19.1. The van der Waals surface area contributed by atoms with Crippen LogP contribution in [-0.4, -0.2) is 17.7 Å². The van der Waals surface area contributed by atoms with Gasteiger partial charge < -0.3 is 0 Å². The maximum Gasteiger partial charge on any atom is 0.158 e. The summed E-state index contributed by atoms with van der Waals surface area (Å²) in [6.45, 7) is 2.11. The van der Waals surface area contributed by atoms with Crippen LogP contribution in [0, 0.1) is 29.1 Å². The third kappa shape index (κ3) is 1.75. The Balaban J connectivity index is 1.73.